The number of fused-ring (bicyclic) bond motifs is 1. The number of ether oxygens (including phenoxy) is 2. The molecule has 0 bridgehead atoms. The highest BCUT2D eigenvalue weighted by molar-refractivity contribution is 5.93. The van der Waals surface area contributed by atoms with E-state index in [1.807, 2.05) is 65.7 Å². The number of piperidine rings is 1. The normalized spacial score (nSPS) is 15.8. The number of carbonyl (C=O) groups is 1. The molecular weight excluding hydrogens is 428 g/mol. The van der Waals surface area contributed by atoms with Gasteiger partial charge in [0.25, 0.3) is 0 Å². The lowest BCUT2D eigenvalue weighted by molar-refractivity contribution is -0.127. The molecule has 1 atom stereocenters. The molecule has 0 aliphatic carbocycles. The van der Waals surface area contributed by atoms with Crippen molar-refractivity contribution in [3.05, 3.63) is 79.6 Å². The third kappa shape index (κ3) is 4.24. The molecule has 172 valence electrons. The van der Waals surface area contributed by atoms with Crippen LogP contribution in [0.3, 0.4) is 0 Å². The fourth-order valence-electron chi connectivity index (χ4n) is 4.44. The summed E-state index contributed by atoms with van der Waals surface area (Å²) in [5, 5.41) is 5.98. The molecule has 0 spiro atoms. The number of likely N-dealkylation sites (tertiary alicyclic amines) is 1. The zero-order chi connectivity index (χ0) is 23.5. The van der Waals surface area contributed by atoms with E-state index < -0.39 is 0 Å². The van der Waals surface area contributed by atoms with Crippen LogP contribution in [0.1, 0.15) is 18.9 Å². The van der Waals surface area contributed by atoms with Gasteiger partial charge in [0.1, 0.15) is 22.9 Å². The Morgan fingerprint density at radius 1 is 1.12 bits per heavy atom. The number of carbonyl (C=O) groups excluding carboxylic acids is 1. The number of methoxy groups -OCH3 is 1. The molecule has 4 aromatic rings. The van der Waals surface area contributed by atoms with E-state index in [0.717, 1.165) is 53.0 Å². The molecule has 1 aliphatic heterocycles. The fourth-order valence-corrected chi connectivity index (χ4v) is 4.44. The minimum Gasteiger partial charge on any atom is -0.497 e. The zero-order valence-electron chi connectivity index (χ0n) is 19.1. The smallest absolute Gasteiger partial charge is 0.246 e. The molecule has 3 heterocycles. The van der Waals surface area contributed by atoms with E-state index in [0.29, 0.717) is 12.3 Å². The number of hydrogen-bond donors (Lipinski definition) is 0. The summed E-state index contributed by atoms with van der Waals surface area (Å²) in [5.41, 5.74) is 2.85. The van der Waals surface area contributed by atoms with Crippen molar-refractivity contribution in [2.24, 2.45) is 0 Å². The second-order valence-corrected chi connectivity index (χ2v) is 8.28. The van der Waals surface area contributed by atoms with Crippen molar-refractivity contribution < 1.29 is 14.3 Å². The first-order valence-corrected chi connectivity index (χ1v) is 11.3. The molecule has 7 nitrogen and oxygen atoms in total. The Labute approximate surface area is 198 Å². The second kappa shape index (κ2) is 9.39. The summed E-state index contributed by atoms with van der Waals surface area (Å²) >= 11 is 0. The number of aromatic nitrogens is 3. The van der Waals surface area contributed by atoms with Gasteiger partial charge in [-0.3, -0.25) is 14.5 Å². The highest BCUT2D eigenvalue weighted by atomic mass is 16.5. The predicted molar refractivity (Wildman–Crippen MR) is 131 cm³/mol. The predicted octanol–water partition coefficient (Wildman–Crippen LogP) is 5.25. The SMILES string of the molecule is C=CC(=O)N1CCCC(n2nc(-c3ccc(Oc4cccc(OC)c4)cc3)c3cnccc32)C1. The van der Waals surface area contributed by atoms with Crippen molar-refractivity contribution in [3.63, 3.8) is 0 Å². The van der Waals surface area contributed by atoms with Crippen LogP contribution in [0.4, 0.5) is 0 Å². The molecule has 1 saturated heterocycles. The molecule has 1 fully saturated rings. The third-order valence-corrected chi connectivity index (χ3v) is 6.14. The van der Waals surface area contributed by atoms with Crippen molar-refractivity contribution in [2.45, 2.75) is 18.9 Å². The number of amides is 1. The van der Waals surface area contributed by atoms with Gasteiger partial charge in [0.15, 0.2) is 0 Å². The van der Waals surface area contributed by atoms with Crippen LogP contribution in [0.15, 0.2) is 79.6 Å². The van der Waals surface area contributed by atoms with E-state index in [1.54, 1.807) is 13.3 Å². The van der Waals surface area contributed by atoms with Gasteiger partial charge in [0.05, 0.1) is 18.7 Å². The maximum absolute atomic E-state index is 12.2. The highest BCUT2D eigenvalue weighted by Crippen LogP contribution is 2.33. The number of benzene rings is 2. The number of pyridine rings is 1. The fraction of sp³-hybridized carbons (Fsp3) is 0.222. The Kier molecular flexibility index (Phi) is 5.99. The maximum Gasteiger partial charge on any atom is 0.246 e. The molecule has 2 aromatic carbocycles. The van der Waals surface area contributed by atoms with Gasteiger partial charge in [-0.15, -0.1) is 0 Å². The molecular formula is C27H26N4O3. The van der Waals surface area contributed by atoms with Crippen LogP contribution < -0.4 is 9.47 Å². The van der Waals surface area contributed by atoms with Gasteiger partial charge in [-0.25, -0.2) is 0 Å². The Balaban J connectivity index is 1.44. The molecule has 0 saturated carbocycles. The average molecular weight is 455 g/mol. The minimum atomic E-state index is -0.0327. The Bertz CT molecular complexity index is 1330. The number of rotatable bonds is 6. The van der Waals surface area contributed by atoms with Crippen LogP contribution in [0.2, 0.25) is 0 Å². The van der Waals surface area contributed by atoms with Gasteiger partial charge in [-0.05, 0) is 61.4 Å². The standard InChI is InChI=1S/C27H26N4O3/c1-3-26(32)30-15-5-6-20(18-30)31-25-13-14-28-17-24(25)27(29-31)19-9-11-21(12-10-19)34-23-8-4-7-22(16-23)33-2/h3-4,7-14,16-17,20H,1,5-6,15,18H2,2H3. The first-order chi connectivity index (χ1) is 16.7. The molecule has 1 unspecified atom stereocenters. The lowest BCUT2D eigenvalue weighted by atomic mass is 10.1. The minimum absolute atomic E-state index is 0.0327. The van der Waals surface area contributed by atoms with E-state index in [4.69, 9.17) is 14.6 Å². The average Bonchev–Trinajstić information content (AvgIpc) is 3.28. The van der Waals surface area contributed by atoms with Crippen molar-refractivity contribution in [3.8, 4) is 28.5 Å². The van der Waals surface area contributed by atoms with Crippen LogP contribution in [-0.2, 0) is 4.79 Å². The van der Waals surface area contributed by atoms with Gasteiger partial charge >= 0.3 is 0 Å². The summed E-state index contributed by atoms with van der Waals surface area (Å²) in [7, 11) is 1.63. The first kappa shape index (κ1) is 21.7. The van der Waals surface area contributed by atoms with E-state index in [1.165, 1.54) is 6.08 Å². The monoisotopic (exact) mass is 454 g/mol. The van der Waals surface area contributed by atoms with Gasteiger partial charge in [-0.1, -0.05) is 12.6 Å². The summed E-state index contributed by atoms with van der Waals surface area (Å²) in [6, 6.07) is 17.5. The van der Waals surface area contributed by atoms with E-state index in [-0.39, 0.29) is 11.9 Å². The van der Waals surface area contributed by atoms with Gasteiger partial charge in [-0.2, -0.15) is 5.10 Å². The van der Waals surface area contributed by atoms with Crippen LogP contribution >= 0.6 is 0 Å². The van der Waals surface area contributed by atoms with Gasteiger partial charge < -0.3 is 14.4 Å². The largest absolute Gasteiger partial charge is 0.497 e. The Morgan fingerprint density at radius 3 is 2.74 bits per heavy atom. The van der Waals surface area contributed by atoms with Crippen LogP contribution in [0, 0.1) is 0 Å². The molecule has 2 aromatic heterocycles. The highest BCUT2D eigenvalue weighted by Gasteiger charge is 2.26. The van der Waals surface area contributed by atoms with Crippen molar-refractivity contribution in [1.82, 2.24) is 19.7 Å². The number of hydrogen-bond acceptors (Lipinski definition) is 5. The van der Waals surface area contributed by atoms with Gasteiger partial charge in [0.2, 0.25) is 5.91 Å². The van der Waals surface area contributed by atoms with Crippen LogP contribution in [0.25, 0.3) is 22.2 Å². The first-order valence-electron chi connectivity index (χ1n) is 11.3. The molecule has 0 radical (unpaired) electrons. The van der Waals surface area contributed by atoms with Crippen molar-refractivity contribution in [1.29, 1.82) is 0 Å². The summed E-state index contributed by atoms with van der Waals surface area (Å²) < 4.78 is 13.3. The van der Waals surface area contributed by atoms with E-state index in [2.05, 4.69) is 16.2 Å². The molecule has 1 aliphatic rings. The van der Waals surface area contributed by atoms with E-state index in [9.17, 15) is 4.79 Å². The molecule has 1 amide bonds. The topological polar surface area (TPSA) is 69.5 Å². The van der Waals surface area contributed by atoms with Crippen LogP contribution in [-0.4, -0.2) is 45.8 Å². The Hall–Kier alpha value is -4.13. The van der Waals surface area contributed by atoms with E-state index >= 15 is 0 Å². The summed E-state index contributed by atoms with van der Waals surface area (Å²) in [6.07, 6.45) is 6.92. The van der Waals surface area contributed by atoms with Crippen LogP contribution in [0.5, 0.6) is 17.2 Å². The second-order valence-electron chi connectivity index (χ2n) is 8.28. The lowest BCUT2D eigenvalue weighted by Gasteiger charge is -2.32. The molecule has 5 rings (SSSR count). The third-order valence-electron chi connectivity index (χ3n) is 6.14. The number of nitrogens with zero attached hydrogens (tertiary/aromatic N) is 4. The zero-order valence-corrected chi connectivity index (χ0v) is 19.1. The summed E-state index contributed by atoms with van der Waals surface area (Å²) in [4.78, 5) is 18.4. The Morgan fingerprint density at radius 2 is 1.94 bits per heavy atom. The summed E-state index contributed by atoms with van der Waals surface area (Å²) in [5.74, 6) is 2.15. The molecule has 7 heteroatoms. The molecule has 34 heavy (non-hydrogen) atoms. The summed E-state index contributed by atoms with van der Waals surface area (Å²) in [6.45, 7) is 5.01. The quantitative estimate of drug-likeness (QED) is 0.372. The van der Waals surface area contributed by atoms with Crippen molar-refractivity contribution in [2.75, 3.05) is 20.2 Å². The lowest BCUT2D eigenvalue weighted by Crippen LogP contribution is -2.40. The molecule has 0 N–H and O–H groups in total. The van der Waals surface area contributed by atoms with Crippen molar-refractivity contribution >= 4 is 16.8 Å². The van der Waals surface area contributed by atoms with Gasteiger partial charge in [0, 0.05) is 42.5 Å². The maximum atomic E-state index is 12.2.